The molecule has 0 heterocycles. The lowest BCUT2D eigenvalue weighted by atomic mass is 10.1. The molecule has 0 radical (unpaired) electrons. The van der Waals surface area contributed by atoms with E-state index in [4.69, 9.17) is 10.4 Å². The number of amides is 1. The maximum Gasteiger partial charge on any atom is 0.325 e. The summed E-state index contributed by atoms with van der Waals surface area (Å²) in [7, 11) is 0. The highest BCUT2D eigenvalue weighted by molar-refractivity contribution is 5.97. The number of carboxylic acid groups (broad SMARTS) is 1. The molecule has 3 N–H and O–H groups in total. The van der Waals surface area contributed by atoms with E-state index in [-0.39, 0.29) is 5.57 Å². The van der Waals surface area contributed by atoms with Gasteiger partial charge in [-0.2, -0.15) is 5.26 Å². The summed E-state index contributed by atoms with van der Waals surface area (Å²) in [6, 6.07) is 0.852. The highest BCUT2D eigenvalue weighted by Crippen LogP contribution is 2.01. The van der Waals surface area contributed by atoms with E-state index in [1.165, 1.54) is 6.92 Å². The molecule has 0 aliphatic rings. The van der Waals surface area contributed by atoms with Gasteiger partial charge < -0.3 is 15.7 Å². The number of nitrogens with zero attached hydrogens (tertiary/aromatic N) is 1. The Hall–Kier alpha value is -2.03. The Balaban J connectivity index is 4.64. The van der Waals surface area contributed by atoms with Gasteiger partial charge in [0.05, 0.1) is 0 Å². The first kappa shape index (κ1) is 15.0. The van der Waals surface area contributed by atoms with Gasteiger partial charge >= 0.3 is 5.97 Å². The zero-order valence-electron chi connectivity index (χ0n) is 10.4. The molecule has 0 rings (SSSR count). The van der Waals surface area contributed by atoms with Crippen molar-refractivity contribution in [1.29, 1.82) is 5.26 Å². The molecular formula is C11H17N3O3. The topological polar surface area (TPSA) is 102 Å². The Morgan fingerprint density at radius 3 is 2.29 bits per heavy atom. The molecule has 0 bridgehead atoms. The van der Waals surface area contributed by atoms with E-state index in [9.17, 15) is 9.59 Å². The first-order valence-electron chi connectivity index (χ1n) is 5.09. The summed E-state index contributed by atoms with van der Waals surface area (Å²) in [6.07, 6.45) is 1.11. The van der Waals surface area contributed by atoms with Crippen LogP contribution < -0.4 is 10.6 Å². The SMILES string of the molecule is CC(N/C=C(/C#N)C(=O)NC(C)(C)C)C(=O)O. The summed E-state index contributed by atoms with van der Waals surface area (Å²) >= 11 is 0. The van der Waals surface area contributed by atoms with Gasteiger partial charge in [0.2, 0.25) is 0 Å². The van der Waals surface area contributed by atoms with Crippen molar-refractivity contribution in [3.05, 3.63) is 11.8 Å². The molecule has 0 fully saturated rings. The third kappa shape index (κ3) is 6.20. The van der Waals surface area contributed by atoms with Gasteiger partial charge in [-0.25, -0.2) is 0 Å². The van der Waals surface area contributed by atoms with Crippen LogP contribution in [-0.2, 0) is 9.59 Å². The lowest BCUT2D eigenvalue weighted by Gasteiger charge is -2.20. The van der Waals surface area contributed by atoms with Crippen LogP contribution in [0.3, 0.4) is 0 Å². The highest BCUT2D eigenvalue weighted by Gasteiger charge is 2.17. The van der Waals surface area contributed by atoms with E-state index in [1.807, 2.05) is 0 Å². The van der Waals surface area contributed by atoms with Crippen molar-refractivity contribution >= 4 is 11.9 Å². The van der Waals surface area contributed by atoms with Crippen LogP contribution in [0.2, 0.25) is 0 Å². The van der Waals surface area contributed by atoms with Gasteiger partial charge in [-0.05, 0) is 27.7 Å². The average molecular weight is 239 g/mol. The molecule has 1 atom stereocenters. The number of carbonyl (C=O) groups excluding carboxylic acids is 1. The molecule has 0 spiro atoms. The third-order valence-electron chi connectivity index (χ3n) is 1.70. The molecule has 1 amide bonds. The first-order chi connectivity index (χ1) is 7.67. The average Bonchev–Trinajstić information content (AvgIpc) is 2.15. The molecule has 0 aliphatic heterocycles. The van der Waals surface area contributed by atoms with Crippen molar-refractivity contribution in [2.75, 3.05) is 0 Å². The van der Waals surface area contributed by atoms with Crippen molar-refractivity contribution in [3.63, 3.8) is 0 Å². The van der Waals surface area contributed by atoms with Gasteiger partial charge in [-0.1, -0.05) is 0 Å². The van der Waals surface area contributed by atoms with E-state index >= 15 is 0 Å². The van der Waals surface area contributed by atoms with Crippen LogP contribution in [0.1, 0.15) is 27.7 Å². The molecular weight excluding hydrogens is 222 g/mol. The summed E-state index contributed by atoms with van der Waals surface area (Å²) in [5.74, 6) is -1.60. The van der Waals surface area contributed by atoms with E-state index in [0.717, 1.165) is 6.20 Å². The van der Waals surface area contributed by atoms with Crippen LogP contribution in [0.15, 0.2) is 11.8 Å². The standard InChI is InChI=1S/C11H17N3O3/c1-7(10(16)17)13-6-8(5-12)9(15)14-11(2,3)4/h6-7,13H,1-4H3,(H,14,15)(H,16,17)/b8-6-. The predicted octanol–water partition coefficient (Wildman–Crippen LogP) is 0.371. The number of nitriles is 1. The second kappa shape index (κ2) is 5.89. The fraction of sp³-hybridized carbons (Fsp3) is 0.545. The van der Waals surface area contributed by atoms with Gasteiger partial charge in [-0.3, -0.25) is 9.59 Å². The second-order valence-corrected chi connectivity index (χ2v) is 4.60. The molecule has 0 aromatic rings. The van der Waals surface area contributed by atoms with Crippen LogP contribution in [0.4, 0.5) is 0 Å². The molecule has 6 heteroatoms. The second-order valence-electron chi connectivity index (χ2n) is 4.60. The van der Waals surface area contributed by atoms with Gasteiger partial charge in [0, 0.05) is 11.7 Å². The van der Waals surface area contributed by atoms with Crippen molar-refractivity contribution in [2.24, 2.45) is 0 Å². The minimum atomic E-state index is -1.06. The number of aliphatic carboxylic acids is 1. The lowest BCUT2D eigenvalue weighted by molar-refractivity contribution is -0.138. The maximum absolute atomic E-state index is 11.6. The predicted molar refractivity (Wildman–Crippen MR) is 61.8 cm³/mol. The molecule has 0 aromatic heterocycles. The highest BCUT2D eigenvalue weighted by atomic mass is 16.4. The van der Waals surface area contributed by atoms with Crippen molar-refractivity contribution in [1.82, 2.24) is 10.6 Å². The minimum Gasteiger partial charge on any atom is -0.480 e. The van der Waals surface area contributed by atoms with E-state index in [1.54, 1.807) is 26.8 Å². The van der Waals surface area contributed by atoms with Crippen LogP contribution >= 0.6 is 0 Å². The monoisotopic (exact) mass is 239 g/mol. The summed E-state index contributed by atoms with van der Waals surface area (Å²) in [4.78, 5) is 22.1. The van der Waals surface area contributed by atoms with Crippen molar-refractivity contribution < 1.29 is 14.7 Å². The number of rotatable bonds is 4. The minimum absolute atomic E-state index is 0.159. The number of nitrogens with one attached hydrogen (secondary N) is 2. The molecule has 0 saturated heterocycles. The first-order valence-corrected chi connectivity index (χ1v) is 5.09. The van der Waals surface area contributed by atoms with Gasteiger partial charge in [0.15, 0.2) is 0 Å². The fourth-order valence-corrected chi connectivity index (χ4v) is 0.836. The largest absolute Gasteiger partial charge is 0.480 e. The normalized spacial score (nSPS) is 13.5. The van der Waals surface area contributed by atoms with E-state index in [0.29, 0.717) is 0 Å². The molecule has 1 unspecified atom stereocenters. The van der Waals surface area contributed by atoms with Crippen LogP contribution in [-0.4, -0.2) is 28.6 Å². The maximum atomic E-state index is 11.6. The summed E-state index contributed by atoms with van der Waals surface area (Å²) in [6.45, 7) is 6.77. The lowest BCUT2D eigenvalue weighted by Crippen LogP contribution is -2.41. The van der Waals surface area contributed by atoms with Crippen molar-refractivity contribution in [3.8, 4) is 6.07 Å². The summed E-state index contributed by atoms with van der Waals surface area (Å²) in [5, 5.41) is 22.5. The Morgan fingerprint density at radius 2 is 1.94 bits per heavy atom. The van der Waals surface area contributed by atoms with Crippen LogP contribution in [0, 0.1) is 11.3 Å². The Bertz CT molecular complexity index is 374. The zero-order valence-corrected chi connectivity index (χ0v) is 10.4. The van der Waals surface area contributed by atoms with E-state index < -0.39 is 23.5 Å². The number of carbonyl (C=O) groups is 2. The zero-order chi connectivity index (χ0) is 13.6. The van der Waals surface area contributed by atoms with Gasteiger partial charge in [0.25, 0.3) is 5.91 Å². The smallest absolute Gasteiger partial charge is 0.325 e. The van der Waals surface area contributed by atoms with Gasteiger partial charge in [-0.15, -0.1) is 0 Å². The molecule has 94 valence electrons. The van der Waals surface area contributed by atoms with Crippen LogP contribution in [0.25, 0.3) is 0 Å². The molecule has 17 heavy (non-hydrogen) atoms. The number of carboxylic acids is 1. The summed E-state index contributed by atoms with van der Waals surface area (Å²) < 4.78 is 0. The fourth-order valence-electron chi connectivity index (χ4n) is 0.836. The quantitative estimate of drug-likeness (QED) is 0.486. The number of hydrogen-bond donors (Lipinski definition) is 3. The Kier molecular flexibility index (Phi) is 5.19. The molecule has 0 saturated carbocycles. The third-order valence-corrected chi connectivity index (χ3v) is 1.70. The van der Waals surface area contributed by atoms with Gasteiger partial charge in [0.1, 0.15) is 17.7 Å². The van der Waals surface area contributed by atoms with Crippen molar-refractivity contribution in [2.45, 2.75) is 39.3 Å². The molecule has 0 aromatic carbocycles. The van der Waals surface area contributed by atoms with Crippen LogP contribution in [0.5, 0.6) is 0 Å². The Morgan fingerprint density at radius 1 is 1.41 bits per heavy atom. The summed E-state index contributed by atoms with van der Waals surface area (Å²) in [5.41, 5.74) is -0.612. The molecule has 6 nitrogen and oxygen atoms in total. The van der Waals surface area contributed by atoms with E-state index in [2.05, 4.69) is 10.6 Å². The number of hydrogen-bond acceptors (Lipinski definition) is 4. The Labute approximate surface area is 100 Å². The molecule has 0 aliphatic carbocycles.